The van der Waals surface area contributed by atoms with Crippen LogP contribution in [0.5, 0.6) is 0 Å². The molecule has 0 fully saturated rings. The largest absolute Gasteiger partial charge is 0.324 e. The highest BCUT2D eigenvalue weighted by molar-refractivity contribution is 5.99. The molecule has 0 saturated heterocycles. The summed E-state index contributed by atoms with van der Waals surface area (Å²) in [6.07, 6.45) is 4.26. The number of hydrogen-bond donors (Lipinski definition) is 2. The predicted octanol–water partition coefficient (Wildman–Crippen LogP) is 2.01. The second kappa shape index (κ2) is 6.00. The highest BCUT2D eigenvalue weighted by Crippen LogP contribution is 2.11. The minimum Gasteiger partial charge on any atom is -0.308 e. The summed E-state index contributed by atoms with van der Waals surface area (Å²) in [5, 5.41) is 9.34. The van der Waals surface area contributed by atoms with Gasteiger partial charge in [-0.2, -0.15) is 5.10 Å². The minimum absolute atomic E-state index is 0.366. The quantitative estimate of drug-likeness (QED) is 0.770. The molecule has 2 N–H and O–H groups in total. The molecule has 0 bridgehead atoms. The number of aromatic nitrogens is 5. The first-order chi connectivity index (χ1) is 10.7. The monoisotopic (exact) mass is 295 g/mol. The van der Waals surface area contributed by atoms with Crippen LogP contribution in [0.3, 0.4) is 0 Å². The van der Waals surface area contributed by atoms with Crippen molar-refractivity contribution in [1.29, 1.82) is 0 Å². The number of nitrogens with zero attached hydrogens (tertiary/aromatic N) is 5. The number of amides is 2. The smallest absolute Gasteiger partial charge is 0.308 e. The third kappa shape index (κ3) is 3.23. The van der Waals surface area contributed by atoms with E-state index in [1.165, 1.54) is 23.7 Å². The number of nitrogens with one attached hydrogen (secondary N) is 2. The molecule has 3 aromatic rings. The Morgan fingerprint density at radius 3 is 2.64 bits per heavy atom. The average Bonchev–Trinajstić information content (AvgIpc) is 3.04. The van der Waals surface area contributed by atoms with Crippen LogP contribution in [0.2, 0.25) is 0 Å². The fraction of sp³-hybridized carbons (Fsp3) is 0.0714. The second-order valence-electron chi connectivity index (χ2n) is 4.55. The predicted molar refractivity (Wildman–Crippen MR) is 80.8 cm³/mol. The zero-order valence-corrected chi connectivity index (χ0v) is 11.8. The van der Waals surface area contributed by atoms with Crippen LogP contribution in [0.4, 0.5) is 16.3 Å². The van der Waals surface area contributed by atoms with Crippen LogP contribution < -0.4 is 10.6 Å². The van der Waals surface area contributed by atoms with E-state index in [-0.39, 0.29) is 6.03 Å². The van der Waals surface area contributed by atoms with E-state index in [1.54, 1.807) is 6.07 Å². The Morgan fingerprint density at radius 2 is 1.91 bits per heavy atom. The number of urea groups is 1. The topological polar surface area (TPSA) is 97.6 Å². The SMILES string of the molecule is Cc1ccc(NC(=O)Nc2cc(-n3cncn3)ncn2)cc1. The van der Waals surface area contributed by atoms with Gasteiger partial charge in [0.05, 0.1) is 0 Å². The molecule has 0 aliphatic carbocycles. The summed E-state index contributed by atoms with van der Waals surface area (Å²) in [6, 6.07) is 8.72. The Morgan fingerprint density at radius 1 is 1.09 bits per heavy atom. The fourth-order valence-electron chi connectivity index (χ4n) is 1.78. The molecule has 2 aromatic heterocycles. The van der Waals surface area contributed by atoms with E-state index in [0.717, 1.165) is 5.56 Å². The van der Waals surface area contributed by atoms with Gasteiger partial charge in [0.1, 0.15) is 24.8 Å². The lowest BCUT2D eigenvalue weighted by Gasteiger charge is -2.08. The third-order valence-corrected chi connectivity index (χ3v) is 2.86. The number of carbonyl (C=O) groups excluding carboxylic acids is 1. The van der Waals surface area contributed by atoms with Crippen molar-refractivity contribution >= 4 is 17.5 Å². The van der Waals surface area contributed by atoms with Gasteiger partial charge in [0.15, 0.2) is 5.82 Å². The molecule has 8 heteroatoms. The maximum absolute atomic E-state index is 11.9. The van der Waals surface area contributed by atoms with Crippen molar-refractivity contribution in [2.75, 3.05) is 10.6 Å². The van der Waals surface area contributed by atoms with Crippen molar-refractivity contribution in [2.24, 2.45) is 0 Å². The number of hydrogen-bond acceptors (Lipinski definition) is 5. The van der Waals surface area contributed by atoms with Crippen LogP contribution in [0.25, 0.3) is 5.82 Å². The number of carbonyl (C=O) groups is 1. The van der Waals surface area contributed by atoms with Gasteiger partial charge in [-0.3, -0.25) is 5.32 Å². The van der Waals surface area contributed by atoms with Crippen molar-refractivity contribution in [3.63, 3.8) is 0 Å². The first-order valence-corrected chi connectivity index (χ1v) is 6.52. The third-order valence-electron chi connectivity index (χ3n) is 2.86. The Kier molecular flexibility index (Phi) is 3.73. The molecule has 0 atom stereocenters. The maximum atomic E-state index is 11.9. The van der Waals surface area contributed by atoms with E-state index in [0.29, 0.717) is 17.3 Å². The molecule has 0 aliphatic heterocycles. The molecule has 110 valence electrons. The van der Waals surface area contributed by atoms with E-state index in [1.807, 2.05) is 31.2 Å². The van der Waals surface area contributed by atoms with E-state index in [2.05, 4.69) is 30.7 Å². The van der Waals surface area contributed by atoms with Gasteiger partial charge < -0.3 is 5.32 Å². The fourth-order valence-corrected chi connectivity index (χ4v) is 1.78. The summed E-state index contributed by atoms with van der Waals surface area (Å²) in [5.41, 5.74) is 1.83. The standard InChI is InChI=1S/C14H13N7O/c1-10-2-4-11(5-3-10)19-14(22)20-12-6-13(17-8-16-12)21-9-15-7-18-21/h2-9H,1H3,(H2,16,17,19,20,22). The molecule has 3 rings (SSSR count). The number of aryl methyl sites for hydroxylation is 1. The number of rotatable bonds is 3. The van der Waals surface area contributed by atoms with E-state index in [9.17, 15) is 4.79 Å². The molecular weight excluding hydrogens is 282 g/mol. The molecule has 8 nitrogen and oxygen atoms in total. The Labute approximate surface area is 126 Å². The van der Waals surface area contributed by atoms with Gasteiger partial charge in [0, 0.05) is 11.8 Å². The lowest BCUT2D eigenvalue weighted by Crippen LogP contribution is -2.20. The van der Waals surface area contributed by atoms with Gasteiger partial charge in [0.25, 0.3) is 0 Å². The molecule has 0 saturated carbocycles. The summed E-state index contributed by atoms with van der Waals surface area (Å²) in [7, 11) is 0. The van der Waals surface area contributed by atoms with Gasteiger partial charge in [0.2, 0.25) is 0 Å². The molecule has 0 radical (unpaired) electrons. The first-order valence-electron chi connectivity index (χ1n) is 6.52. The zero-order valence-electron chi connectivity index (χ0n) is 11.8. The highest BCUT2D eigenvalue weighted by Gasteiger charge is 2.06. The lowest BCUT2D eigenvalue weighted by atomic mass is 10.2. The lowest BCUT2D eigenvalue weighted by molar-refractivity contribution is 0.262. The molecule has 0 aliphatic rings. The first kappa shape index (κ1) is 13.7. The van der Waals surface area contributed by atoms with E-state index < -0.39 is 0 Å². The second-order valence-corrected chi connectivity index (χ2v) is 4.55. The highest BCUT2D eigenvalue weighted by atomic mass is 16.2. The summed E-state index contributed by atoms with van der Waals surface area (Å²) < 4.78 is 1.48. The van der Waals surface area contributed by atoms with Crippen LogP contribution in [0, 0.1) is 6.92 Å². The molecule has 2 amide bonds. The Bertz CT molecular complexity index is 768. The molecule has 0 unspecified atom stereocenters. The average molecular weight is 295 g/mol. The van der Waals surface area contributed by atoms with Gasteiger partial charge in [-0.15, -0.1) is 0 Å². The molecule has 1 aromatic carbocycles. The van der Waals surface area contributed by atoms with Crippen molar-refractivity contribution in [2.45, 2.75) is 6.92 Å². The van der Waals surface area contributed by atoms with Crippen molar-refractivity contribution in [1.82, 2.24) is 24.7 Å². The summed E-state index contributed by atoms with van der Waals surface area (Å²) in [4.78, 5) is 23.9. The van der Waals surface area contributed by atoms with Gasteiger partial charge in [-0.25, -0.2) is 24.4 Å². The molecule has 0 spiro atoms. The van der Waals surface area contributed by atoms with Crippen molar-refractivity contribution < 1.29 is 4.79 Å². The van der Waals surface area contributed by atoms with Crippen LogP contribution in [0.15, 0.2) is 49.3 Å². The van der Waals surface area contributed by atoms with Crippen molar-refractivity contribution in [3.8, 4) is 5.82 Å². The minimum atomic E-state index is -0.382. The number of anilines is 2. The zero-order chi connectivity index (χ0) is 15.4. The van der Waals surface area contributed by atoms with Gasteiger partial charge >= 0.3 is 6.03 Å². The molecule has 22 heavy (non-hydrogen) atoms. The maximum Gasteiger partial charge on any atom is 0.324 e. The Balaban J connectivity index is 1.69. The molecule has 2 heterocycles. The summed E-state index contributed by atoms with van der Waals surface area (Å²) >= 11 is 0. The van der Waals surface area contributed by atoms with E-state index in [4.69, 9.17) is 0 Å². The van der Waals surface area contributed by atoms with Crippen molar-refractivity contribution in [3.05, 3.63) is 54.9 Å². The van der Waals surface area contributed by atoms with Crippen LogP contribution in [0.1, 0.15) is 5.56 Å². The Hall–Kier alpha value is -3.29. The summed E-state index contributed by atoms with van der Waals surface area (Å²) in [6.45, 7) is 1.98. The normalized spacial score (nSPS) is 10.2. The van der Waals surface area contributed by atoms with E-state index >= 15 is 0 Å². The van der Waals surface area contributed by atoms with Gasteiger partial charge in [-0.05, 0) is 19.1 Å². The van der Waals surface area contributed by atoms with Crippen LogP contribution >= 0.6 is 0 Å². The number of benzene rings is 1. The van der Waals surface area contributed by atoms with Crippen LogP contribution in [-0.2, 0) is 0 Å². The summed E-state index contributed by atoms with van der Waals surface area (Å²) in [5.74, 6) is 0.878. The van der Waals surface area contributed by atoms with Crippen LogP contribution in [-0.4, -0.2) is 30.8 Å². The molecular formula is C14H13N7O. The van der Waals surface area contributed by atoms with Gasteiger partial charge in [-0.1, -0.05) is 17.7 Å².